The number of rotatable bonds is 5. The molecular formula is C15H21NO2. The second-order valence-electron chi connectivity index (χ2n) is 5.21. The molecule has 0 aromatic heterocycles. The van der Waals surface area contributed by atoms with Gasteiger partial charge in [-0.3, -0.25) is 0 Å². The average molecular weight is 247 g/mol. The lowest BCUT2D eigenvalue weighted by atomic mass is 10.1. The summed E-state index contributed by atoms with van der Waals surface area (Å²) in [6, 6.07) is 6.41. The van der Waals surface area contributed by atoms with Gasteiger partial charge in [0.1, 0.15) is 13.2 Å². The highest BCUT2D eigenvalue weighted by molar-refractivity contribution is 5.46. The third-order valence-corrected chi connectivity index (χ3v) is 3.75. The molecule has 1 aromatic rings. The molecule has 2 unspecified atom stereocenters. The van der Waals surface area contributed by atoms with Gasteiger partial charge in [0.15, 0.2) is 11.5 Å². The van der Waals surface area contributed by atoms with Crippen LogP contribution in [0.5, 0.6) is 11.5 Å². The fraction of sp³-hybridized carbons (Fsp3) is 0.600. The zero-order valence-electron chi connectivity index (χ0n) is 10.9. The van der Waals surface area contributed by atoms with Crippen molar-refractivity contribution in [2.24, 2.45) is 5.92 Å². The molecule has 1 fully saturated rings. The molecule has 3 nitrogen and oxygen atoms in total. The molecule has 2 aliphatic rings. The summed E-state index contributed by atoms with van der Waals surface area (Å²) in [7, 11) is 0. The van der Waals surface area contributed by atoms with Gasteiger partial charge in [-0.25, -0.2) is 0 Å². The monoisotopic (exact) mass is 247 g/mol. The van der Waals surface area contributed by atoms with E-state index in [0.29, 0.717) is 19.1 Å². The predicted molar refractivity (Wildman–Crippen MR) is 71.4 cm³/mol. The van der Waals surface area contributed by atoms with Gasteiger partial charge in [-0.1, -0.05) is 13.0 Å². The van der Waals surface area contributed by atoms with Crippen molar-refractivity contribution < 1.29 is 9.47 Å². The number of benzene rings is 1. The summed E-state index contributed by atoms with van der Waals surface area (Å²) in [5.41, 5.74) is 1.41. The van der Waals surface area contributed by atoms with Gasteiger partial charge in [-0.2, -0.15) is 0 Å². The Morgan fingerprint density at radius 3 is 2.89 bits per heavy atom. The van der Waals surface area contributed by atoms with Crippen LogP contribution in [0.25, 0.3) is 0 Å². The molecule has 1 aromatic carbocycles. The Hall–Kier alpha value is -1.22. The third kappa shape index (κ3) is 2.46. The first-order valence-corrected chi connectivity index (χ1v) is 6.98. The van der Waals surface area contributed by atoms with Gasteiger partial charge in [0.25, 0.3) is 0 Å². The van der Waals surface area contributed by atoms with Gasteiger partial charge in [-0.05, 0) is 55.5 Å². The maximum atomic E-state index is 5.64. The lowest BCUT2D eigenvalue weighted by Gasteiger charge is -2.18. The highest BCUT2D eigenvalue weighted by atomic mass is 16.6. The molecule has 0 radical (unpaired) electrons. The molecule has 1 N–H and O–H groups in total. The van der Waals surface area contributed by atoms with Crippen molar-refractivity contribution in [3.63, 3.8) is 0 Å². The van der Waals surface area contributed by atoms with E-state index >= 15 is 0 Å². The van der Waals surface area contributed by atoms with E-state index in [1.807, 2.05) is 0 Å². The van der Waals surface area contributed by atoms with Crippen LogP contribution in [0.2, 0.25) is 0 Å². The first kappa shape index (κ1) is 11.8. The van der Waals surface area contributed by atoms with Crippen LogP contribution in [0.1, 0.15) is 31.2 Å². The van der Waals surface area contributed by atoms with Crippen LogP contribution in [0.15, 0.2) is 18.2 Å². The summed E-state index contributed by atoms with van der Waals surface area (Å²) >= 11 is 0. The summed E-state index contributed by atoms with van der Waals surface area (Å²) in [5, 5.41) is 3.50. The van der Waals surface area contributed by atoms with E-state index < -0.39 is 0 Å². The van der Waals surface area contributed by atoms with E-state index in [2.05, 4.69) is 30.4 Å². The predicted octanol–water partition coefficient (Wildman–Crippen LogP) is 2.56. The molecule has 0 spiro atoms. The van der Waals surface area contributed by atoms with Crippen LogP contribution >= 0.6 is 0 Å². The molecule has 0 saturated heterocycles. The minimum Gasteiger partial charge on any atom is -0.486 e. The molecule has 2 atom stereocenters. The van der Waals surface area contributed by atoms with Crippen LogP contribution < -0.4 is 14.8 Å². The second-order valence-corrected chi connectivity index (χ2v) is 5.21. The van der Waals surface area contributed by atoms with E-state index in [-0.39, 0.29) is 0 Å². The minimum absolute atomic E-state index is 0.666. The van der Waals surface area contributed by atoms with Crippen molar-refractivity contribution in [2.75, 3.05) is 26.3 Å². The number of fused-ring (bicyclic) bond motifs is 1. The normalized spacial score (nSPS) is 24.9. The highest BCUT2D eigenvalue weighted by Crippen LogP contribution is 2.48. The Morgan fingerprint density at radius 1 is 1.22 bits per heavy atom. The summed E-state index contributed by atoms with van der Waals surface area (Å²) in [6.45, 7) is 5.82. The Bertz CT molecular complexity index is 419. The molecule has 1 aliphatic carbocycles. The molecule has 0 bridgehead atoms. The number of hydrogen-bond donors (Lipinski definition) is 1. The summed E-state index contributed by atoms with van der Waals surface area (Å²) in [6.07, 6.45) is 2.51. The first-order chi connectivity index (χ1) is 8.88. The van der Waals surface area contributed by atoms with E-state index in [1.54, 1.807) is 0 Å². The topological polar surface area (TPSA) is 30.5 Å². The Balaban J connectivity index is 1.60. The molecule has 0 amide bonds. The Labute approximate surface area is 108 Å². The lowest BCUT2D eigenvalue weighted by Crippen LogP contribution is -2.18. The number of ether oxygens (including phenoxy) is 2. The Kier molecular flexibility index (Phi) is 3.41. The van der Waals surface area contributed by atoms with Crippen LogP contribution in [0.3, 0.4) is 0 Å². The largest absolute Gasteiger partial charge is 0.486 e. The van der Waals surface area contributed by atoms with Gasteiger partial charge in [0.2, 0.25) is 0 Å². The van der Waals surface area contributed by atoms with Crippen LogP contribution in [-0.2, 0) is 0 Å². The van der Waals surface area contributed by atoms with Crippen molar-refractivity contribution in [3.05, 3.63) is 23.8 Å². The molecule has 18 heavy (non-hydrogen) atoms. The zero-order valence-corrected chi connectivity index (χ0v) is 10.9. The summed E-state index contributed by atoms with van der Waals surface area (Å²) in [4.78, 5) is 0. The summed E-state index contributed by atoms with van der Waals surface area (Å²) < 4.78 is 11.2. The quantitative estimate of drug-likeness (QED) is 0.811. The fourth-order valence-electron chi connectivity index (χ4n) is 2.64. The van der Waals surface area contributed by atoms with E-state index in [1.165, 1.54) is 18.4 Å². The maximum Gasteiger partial charge on any atom is 0.161 e. The standard InChI is InChI=1S/C15H21NO2/c1-2-5-16-10-12-8-13(12)11-3-4-14-15(9-11)18-7-6-17-14/h3-4,9,12-13,16H,2,5-8,10H2,1H3. The first-order valence-electron chi connectivity index (χ1n) is 6.98. The number of hydrogen-bond acceptors (Lipinski definition) is 3. The lowest BCUT2D eigenvalue weighted by molar-refractivity contribution is 0.171. The molecular weight excluding hydrogens is 226 g/mol. The smallest absolute Gasteiger partial charge is 0.161 e. The second kappa shape index (κ2) is 5.19. The van der Waals surface area contributed by atoms with Crippen molar-refractivity contribution in [1.82, 2.24) is 5.32 Å². The van der Waals surface area contributed by atoms with Gasteiger partial charge >= 0.3 is 0 Å². The van der Waals surface area contributed by atoms with Gasteiger partial charge in [0, 0.05) is 0 Å². The minimum atomic E-state index is 0.666. The van der Waals surface area contributed by atoms with Gasteiger partial charge in [0.05, 0.1) is 0 Å². The zero-order chi connectivity index (χ0) is 12.4. The van der Waals surface area contributed by atoms with Crippen LogP contribution in [0.4, 0.5) is 0 Å². The SMILES string of the molecule is CCCNCC1CC1c1ccc2c(c1)OCCO2. The van der Waals surface area contributed by atoms with Gasteiger partial charge < -0.3 is 14.8 Å². The molecule has 3 heteroatoms. The van der Waals surface area contributed by atoms with Crippen molar-refractivity contribution >= 4 is 0 Å². The number of nitrogens with one attached hydrogen (secondary N) is 1. The Morgan fingerprint density at radius 2 is 2.06 bits per heavy atom. The maximum absolute atomic E-state index is 5.64. The fourth-order valence-corrected chi connectivity index (χ4v) is 2.64. The summed E-state index contributed by atoms with van der Waals surface area (Å²) in [5.74, 6) is 3.33. The average Bonchev–Trinajstić information content (AvgIpc) is 3.18. The third-order valence-electron chi connectivity index (χ3n) is 3.75. The van der Waals surface area contributed by atoms with E-state index in [4.69, 9.17) is 9.47 Å². The van der Waals surface area contributed by atoms with E-state index in [9.17, 15) is 0 Å². The van der Waals surface area contributed by atoms with Crippen molar-refractivity contribution in [3.8, 4) is 11.5 Å². The molecule has 1 saturated carbocycles. The van der Waals surface area contributed by atoms with Crippen molar-refractivity contribution in [2.45, 2.75) is 25.7 Å². The molecule has 1 heterocycles. The molecule has 1 aliphatic heterocycles. The highest BCUT2D eigenvalue weighted by Gasteiger charge is 2.38. The van der Waals surface area contributed by atoms with Crippen molar-refractivity contribution in [1.29, 1.82) is 0 Å². The van der Waals surface area contributed by atoms with E-state index in [0.717, 1.165) is 30.5 Å². The van der Waals surface area contributed by atoms with Gasteiger partial charge in [-0.15, -0.1) is 0 Å². The molecule has 98 valence electrons. The molecule has 3 rings (SSSR count). The van der Waals surface area contributed by atoms with Crippen LogP contribution in [-0.4, -0.2) is 26.3 Å². The van der Waals surface area contributed by atoms with Crippen LogP contribution in [0, 0.1) is 5.92 Å².